The molecule has 67 heavy (non-hydrogen) atoms. The molecule has 0 spiro atoms. The summed E-state index contributed by atoms with van der Waals surface area (Å²) in [4.78, 5) is 53.1. The molecule has 0 amide bonds. The number of phenolic OH excluding ortho intramolecular Hbond substituents is 2. The second-order valence-electron chi connectivity index (χ2n) is 15.3. The van der Waals surface area contributed by atoms with E-state index in [4.69, 9.17) is 47.4 Å². The lowest BCUT2D eigenvalue weighted by Gasteiger charge is -2.42. The fourth-order valence-corrected chi connectivity index (χ4v) is 7.45. The highest BCUT2D eigenvalue weighted by Gasteiger charge is 2.49. The molecule has 0 bridgehead atoms. The van der Waals surface area contributed by atoms with Crippen LogP contribution in [0.4, 0.5) is 0 Å². The number of methoxy groups -OCH3 is 2. The third-order valence-corrected chi connectivity index (χ3v) is 11.1. The highest BCUT2D eigenvalue weighted by molar-refractivity contribution is 5.91. The molecule has 0 aromatic heterocycles. The Morgan fingerprint density at radius 1 is 0.627 bits per heavy atom. The monoisotopic (exact) mass is 958 g/mol. The third kappa shape index (κ3) is 12.6. The molecule has 5 rings (SSSR count). The van der Waals surface area contributed by atoms with Crippen molar-refractivity contribution in [2.75, 3.05) is 47.3 Å². The Morgan fingerprint density at radius 3 is 1.55 bits per heavy atom. The van der Waals surface area contributed by atoms with Gasteiger partial charge >= 0.3 is 23.9 Å². The van der Waals surface area contributed by atoms with Crippen molar-refractivity contribution < 1.29 is 123 Å². The van der Waals surface area contributed by atoms with Gasteiger partial charge in [0.1, 0.15) is 55.4 Å². The molecule has 372 valence electrons. The van der Waals surface area contributed by atoms with Gasteiger partial charge in [0.05, 0.1) is 77.2 Å². The topological polar surface area (TPSA) is 383 Å². The number of hydrogen-bond donors (Lipinski definition) is 11. The van der Waals surface area contributed by atoms with Crippen molar-refractivity contribution in [1.29, 1.82) is 0 Å². The normalized spacial score (nSPS) is 33.1. The maximum Gasteiger partial charge on any atom is 0.337 e. The van der Waals surface area contributed by atoms with Crippen molar-refractivity contribution in [1.82, 2.24) is 0 Å². The van der Waals surface area contributed by atoms with Crippen molar-refractivity contribution >= 4 is 23.9 Å². The SMILES string of the molecule is COC(=O)C1=CO[C@@H](O[C@@H]2O[C@H](CO)[C@@H](O)[C@H](O)[C@H]2O)C(=CCO)[C@@H]1CC(=O)OCC=C1[C@H](O[C@@H]2O[C@H](CO)[C@@H](O)[C@H](O)[C@H]2O)OC=C(C(=O)OC)[C@H]1CC(=O)OCCc1ccc(O)c(O)c1. The summed E-state index contributed by atoms with van der Waals surface area (Å²) in [6.07, 6.45) is -18.0. The van der Waals surface area contributed by atoms with Crippen LogP contribution in [0.15, 0.2) is 65.2 Å². The molecule has 0 aliphatic carbocycles. The number of carbonyl (C=O) groups excluding carboxylic acids is 4. The number of benzene rings is 1. The van der Waals surface area contributed by atoms with E-state index in [1.807, 2.05) is 0 Å². The predicted octanol–water partition coefficient (Wildman–Crippen LogP) is -3.96. The van der Waals surface area contributed by atoms with Crippen LogP contribution in [0.25, 0.3) is 0 Å². The van der Waals surface area contributed by atoms with Crippen LogP contribution in [0.5, 0.6) is 11.5 Å². The molecule has 11 N–H and O–H groups in total. The molecule has 4 aliphatic rings. The minimum absolute atomic E-state index is 0.0877. The fourth-order valence-electron chi connectivity index (χ4n) is 7.45. The number of carbonyl (C=O) groups is 4. The van der Waals surface area contributed by atoms with Gasteiger partial charge in [0.25, 0.3) is 0 Å². The van der Waals surface area contributed by atoms with Crippen LogP contribution in [0.3, 0.4) is 0 Å². The molecule has 25 nitrogen and oxygen atoms in total. The van der Waals surface area contributed by atoms with E-state index in [9.17, 15) is 75.3 Å². The Hall–Kier alpha value is -5.26. The van der Waals surface area contributed by atoms with Crippen molar-refractivity contribution in [3.05, 3.63) is 70.7 Å². The zero-order valence-electron chi connectivity index (χ0n) is 35.9. The van der Waals surface area contributed by atoms with Crippen LogP contribution >= 0.6 is 0 Å². The largest absolute Gasteiger partial charge is 0.504 e. The van der Waals surface area contributed by atoms with Crippen LogP contribution in [0, 0.1) is 11.8 Å². The summed E-state index contributed by atoms with van der Waals surface area (Å²) < 4.78 is 54.4. The Morgan fingerprint density at radius 2 is 1.10 bits per heavy atom. The number of aliphatic hydroxyl groups excluding tert-OH is 9. The van der Waals surface area contributed by atoms with E-state index in [0.717, 1.165) is 38.9 Å². The molecular formula is C42H54O25. The summed E-state index contributed by atoms with van der Waals surface area (Å²) in [5, 5.41) is 111. The van der Waals surface area contributed by atoms with E-state index < -0.39 is 155 Å². The maximum absolute atomic E-state index is 13.7. The number of esters is 4. The van der Waals surface area contributed by atoms with Crippen LogP contribution in [0.1, 0.15) is 18.4 Å². The summed E-state index contributed by atoms with van der Waals surface area (Å²) in [7, 11) is 2.08. The van der Waals surface area contributed by atoms with E-state index in [1.54, 1.807) is 0 Å². The van der Waals surface area contributed by atoms with Crippen LogP contribution in [0.2, 0.25) is 0 Å². The van der Waals surface area contributed by atoms with Gasteiger partial charge in [0.2, 0.25) is 12.6 Å². The minimum Gasteiger partial charge on any atom is -0.504 e. The molecule has 2 fully saturated rings. The van der Waals surface area contributed by atoms with Crippen molar-refractivity contribution in [3.8, 4) is 11.5 Å². The smallest absolute Gasteiger partial charge is 0.337 e. The van der Waals surface area contributed by atoms with Gasteiger partial charge in [-0.3, -0.25) is 9.59 Å². The summed E-state index contributed by atoms with van der Waals surface area (Å²) in [6.45, 7) is -3.26. The van der Waals surface area contributed by atoms with E-state index in [1.165, 1.54) is 18.2 Å². The van der Waals surface area contributed by atoms with Crippen LogP contribution in [-0.2, 0) is 73.0 Å². The molecule has 2 saturated heterocycles. The van der Waals surface area contributed by atoms with Gasteiger partial charge in [-0.25, -0.2) is 9.59 Å². The van der Waals surface area contributed by atoms with Gasteiger partial charge in [-0.05, 0) is 23.8 Å². The lowest BCUT2D eigenvalue weighted by molar-refractivity contribution is -0.328. The lowest BCUT2D eigenvalue weighted by Crippen LogP contribution is -2.60. The molecular weight excluding hydrogens is 904 g/mol. The first-order valence-electron chi connectivity index (χ1n) is 20.6. The second-order valence-corrected chi connectivity index (χ2v) is 15.3. The third-order valence-electron chi connectivity index (χ3n) is 11.1. The first-order valence-corrected chi connectivity index (χ1v) is 20.6. The fraction of sp³-hybridized carbons (Fsp3) is 0.571. The number of rotatable bonds is 18. The zero-order chi connectivity index (χ0) is 49.1. The number of ether oxygens (including phenoxy) is 10. The summed E-state index contributed by atoms with van der Waals surface area (Å²) in [5.74, 6) is -7.36. The molecule has 1 aromatic rings. The van der Waals surface area contributed by atoms with Crippen molar-refractivity contribution in [2.24, 2.45) is 11.8 Å². The van der Waals surface area contributed by atoms with Gasteiger partial charge < -0.3 is 104 Å². The Bertz CT molecular complexity index is 2010. The quantitative estimate of drug-likeness (QED) is 0.0289. The van der Waals surface area contributed by atoms with Gasteiger partial charge in [-0.2, -0.15) is 0 Å². The zero-order valence-corrected chi connectivity index (χ0v) is 35.9. The molecule has 4 heterocycles. The molecule has 0 saturated carbocycles. The number of aromatic hydroxyl groups is 2. The summed E-state index contributed by atoms with van der Waals surface area (Å²) >= 11 is 0. The first kappa shape index (κ1) is 52.7. The number of aliphatic hydroxyl groups is 9. The van der Waals surface area contributed by atoms with Gasteiger partial charge in [0.15, 0.2) is 24.1 Å². The van der Waals surface area contributed by atoms with Gasteiger partial charge in [-0.15, -0.1) is 0 Å². The van der Waals surface area contributed by atoms with Crippen molar-refractivity contribution in [2.45, 2.75) is 93.3 Å². The average Bonchev–Trinajstić information content (AvgIpc) is 3.31. The molecule has 0 unspecified atom stereocenters. The van der Waals surface area contributed by atoms with E-state index in [-0.39, 0.29) is 41.1 Å². The van der Waals surface area contributed by atoms with Gasteiger partial charge in [0, 0.05) is 29.4 Å². The predicted molar refractivity (Wildman–Crippen MR) is 215 cm³/mol. The highest BCUT2D eigenvalue weighted by atomic mass is 16.8. The minimum atomic E-state index is -1.94. The Balaban J connectivity index is 1.40. The van der Waals surface area contributed by atoms with Crippen LogP contribution in [-0.4, -0.2) is 201 Å². The Kier molecular flexibility index (Phi) is 19.0. The van der Waals surface area contributed by atoms with Gasteiger partial charge in [-0.1, -0.05) is 12.1 Å². The summed E-state index contributed by atoms with van der Waals surface area (Å²) in [6, 6.07) is 3.98. The highest BCUT2D eigenvalue weighted by Crippen LogP contribution is 2.38. The second kappa shape index (κ2) is 24.2. The van der Waals surface area contributed by atoms with Crippen LogP contribution < -0.4 is 0 Å². The Labute approximate surface area is 380 Å². The van der Waals surface area contributed by atoms with Crippen molar-refractivity contribution in [3.63, 3.8) is 0 Å². The molecule has 1 aromatic carbocycles. The van der Waals surface area contributed by atoms with E-state index >= 15 is 0 Å². The lowest BCUT2D eigenvalue weighted by atomic mass is 9.86. The first-order chi connectivity index (χ1) is 32.0. The molecule has 4 aliphatic heterocycles. The maximum atomic E-state index is 13.7. The number of hydrogen-bond acceptors (Lipinski definition) is 25. The molecule has 0 radical (unpaired) electrons. The summed E-state index contributed by atoms with van der Waals surface area (Å²) in [5.41, 5.74) is -0.282. The standard InChI is InChI=1S/C42H54O25/c1-58-37(56)23-16-62-39(66-41-35(54)33(52)31(50)27(14-44)64-41)19(5-8-43)21(23)12-30(49)61-10-7-20-22(13-29(48)60-9-6-18-3-4-25(46)26(47)11-18)24(38(57)59-2)17-63-40(20)67-42-36(55)34(53)32(51)28(15-45)65-42/h3-5,7,11,16-17,21-22,27-28,31-36,39-47,50-55H,6,8-10,12-15H2,1-2H3/t21-,22-,27+,28+,31+,32+,33-,34-,35+,36+,39-,40-,41-,42-/m0/s1. The van der Waals surface area contributed by atoms with E-state index in [2.05, 4.69) is 0 Å². The molecule has 14 atom stereocenters. The average molecular weight is 959 g/mol. The molecule has 25 heteroatoms. The van der Waals surface area contributed by atoms with E-state index in [0.29, 0.717) is 5.56 Å². The number of phenols is 2.